The van der Waals surface area contributed by atoms with Gasteiger partial charge in [0, 0.05) is 4.90 Å². The Hall–Kier alpha value is -1.78. The van der Waals surface area contributed by atoms with Gasteiger partial charge in [0.1, 0.15) is 0 Å². The maximum atomic E-state index is 10.1. The Morgan fingerprint density at radius 2 is 1.90 bits per heavy atom. The highest BCUT2D eigenvalue weighted by molar-refractivity contribution is 7.99. The number of nitrogens with one attached hydrogen (secondary N) is 1. The smallest absolute Gasteiger partial charge is 0.171 e. The Morgan fingerprint density at radius 3 is 2.70 bits per heavy atom. The maximum absolute atomic E-state index is 10.1. The lowest BCUT2D eigenvalue weighted by Crippen LogP contribution is -1.97. The molecule has 3 rings (SSSR count). The van der Waals surface area contributed by atoms with E-state index < -0.39 is 6.10 Å². The second-order valence-corrected chi connectivity index (χ2v) is 5.65. The number of benzene rings is 2. The number of fused-ring (bicyclic) bond motifs is 1. The summed E-state index contributed by atoms with van der Waals surface area (Å²) < 4.78 is 0. The minimum absolute atomic E-state index is 0.428. The molecule has 0 aliphatic carbocycles. The zero-order chi connectivity index (χ0) is 13.9. The predicted octanol–water partition coefficient (Wildman–Crippen LogP) is 4.16. The molecule has 2 aromatic carbocycles. The van der Waals surface area contributed by atoms with E-state index in [1.54, 1.807) is 11.8 Å². The molecule has 3 aromatic rings. The van der Waals surface area contributed by atoms with Crippen molar-refractivity contribution in [1.82, 2.24) is 9.97 Å². The lowest BCUT2D eigenvalue weighted by atomic mass is 10.1. The number of aliphatic hydroxyl groups is 1. The monoisotopic (exact) mass is 284 g/mol. The van der Waals surface area contributed by atoms with E-state index in [0.29, 0.717) is 6.42 Å². The largest absolute Gasteiger partial charge is 0.388 e. The third-order valence-corrected chi connectivity index (χ3v) is 4.22. The van der Waals surface area contributed by atoms with Crippen LogP contribution in [0.3, 0.4) is 0 Å². The second-order valence-electron chi connectivity index (χ2n) is 4.62. The number of nitrogens with zero attached hydrogens (tertiary/aromatic N) is 1. The van der Waals surface area contributed by atoms with E-state index in [0.717, 1.165) is 26.6 Å². The number of aromatic amines is 1. The van der Waals surface area contributed by atoms with Crippen molar-refractivity contribution in [3.05, 3.63) is 54.1 Å². The van der Waals surface area contributed by atoms with Gasteiger partial charge in [0.25, 0.3) is 0 Å². The minimum Gasteiger partial charge on any atom is -0.388 e. The number of H-pyrrole nitrogens is 1. The topological polar surface area (TPSA) is 48.9 Å². The van der Waals surface area contributed by atoms with Gasteiger partial charge in [0.15, 0.2) is 5.16 Å². The number of rotatable bonds is 4. The molecule has 20 heavy (non-hydrogen) atoms. The van der Waals surface area contributed by atoms with E-state index in [1.165, 1.54) is 0 Å². The first-order valence-electron chi connectivity index (χ1n) is 6.67. The average Bonchev–Trinajstić information content (AvgIpc) is 2.89. The lowest BCUT2D eigenvalue weighted by Gasteiger charge is -2.12. The molecule has 0 spiro atoms. The molecule has 0 amide bonds. The summed E-state index contributed by atoms with van der Waals surface area (Å²) in [5, 5.41) is 10.9. The van der Waals surface area contributed by atoms with Crippen LogP contribution in [-0.2, 0) is 0 Å². The van der Waals surface area contributed by atoms with Crippen molar-refractivity contribution in [1.29, 1.82) is 0 Å². The highest BCUT2D eigenvalue weighted by Crippen LogP contribution is 2.33. The van der Waals surface area contributed by atoms with Crippen LogP contribution in [-0.4, -0.2) is 15.1 Å². The molecular weight excluding hydrogens is 268 g/mol. The van der Waals surface area contributed by atoms with Gasteiger partial charge < -0.3 is 10.1 Å². The van der Waals surface area contributed by atoms with Crippen molar-refractivity contribution >= 4 is 22.8 Å². The summed E-state index contributed by atoms with van der Waals surface area (Å²) in [6, 6.07) is 15.9. The van der Waals surface area contributed by atoms with E-state index in [1.807, 2.05) is 55.5 Å². The quantitative estimate of drug-likeness (QED) is 0.756. The number of hydrogen-bond acceptors (Lipinski definition) is 3. The number of imidazole rings is 1. The third kappa shape index (κ3) is 2.57. The molecule has 3 nitrogen and oxygen atoms in total. The van der Waals surface area contributed by atoms with E-state index in [4.69, 9.17) is 0 Å². The Labute approximate surface area is 122 Å². The van der Waals surface area contributed by atoms with Crippen molar-refractivity contribution < 1.29 is 5.11 Å². The van der Waals surface area contributed by atoms with Gasteiger partial charge in [0.2, 0.25) is 0 Å². The van der Waals surface area contributed by atoms with Gasteiger partial charge in [-0.15, -0.1) is 0 Å². The van der Waals surface area contributed by atoms with E-state index in [9.17, 15) is 5.11 Å². The summed E-state index contributed by atoms with van der Waals surface area (Å²) in [5.74, 6) is 0. The first-order valence-corrected chi connectivity index (χ1v) is 7.49. The van der Waals surface area contributed by atoms with Gasteiger partial charge in [-0.05, 0) is 30.2 Å². The number of aliphatic hydroxyl groups excluding tert-OH is 1. The first kappa shape index (κ1) is 13.2. The Balaban J connectivity index is 1.94. The Bertz CT molecular complexity index is 690. The Kier molecular flexibility index (Phi) is 3.76. The van der Waals surface area contributed by atoms with Crippen LogP contribution >= 0.6 is 11.8 Å². The molecule has 102 valence electrons. The molecule has 0 saturated heterocycles. The molecule has 0 aliphatic heterocycles. The molecule has 1 heterocycles. The average molecular weight is 284 g/mol. The summed E-state index contributed by atoms with van der Waals surface area (Å²) in [4.78, 5) is 8.90. The highest BCUT2D eigenvalue weighted by Gasteiger charge is 2.12. The van der Waals surface area contributed by atoms with Crippen molar-refractivity contribution in [2.24, 2.45) is 0 Å². The fourth-order valence-electron chi connectivity index (χ4n) is 2.15. The van der Waals surface area contributed by atoms with Crippen molar-refractivity contribution in [2.75, 3.05) is 0 Å². The molecule has 0 aliphatic rings. The van der Waals surface area contributed by atoms with Gasteiger partial charge in [-0.2, -0.15) is 0 Å². The van der Waals surface area contributed by atoms with Gasteiger partial charge >= 0.3 is 0 Å². The molecule has 0 fully saturated rings. The SMILES string of the molecule is CC[C@@H](O)c1ccccc1Sc1nc2ccccc2[nH]1. The third-order valence-electron chi connectivity index (χ3n) is 3.24. The van der Waals surface area contributed by atoms with Gasteiger partial charge in [-0.1, -0.05) is 49.0 Å². The summed E-state index contributed by atoms with van der Waals surface area (Å²) in [5.41, 5.74) is 2.95. The zero-order valence-corrected chi connectivity index (χ0v) is 12.0. The maximum Gasteiger partial charge on any atom is 0.171 e. The van der Waals surface area contributed by atoms with Crippen LogP contribution in [0.15, 0.2) is 58.6 Å². The molecule has 0 radical (unpaired) electrons. The van der Waals surface area contributed by atoms with Crippen molar-refractivity contribution in [3.8, 4) is 0 Å². The van der Waals surface area contributed by atoms with Crippen LogP contribution in [0.4, 0.5) is 0 Å². The van der Waals surface area contributed by atoms with E-state index >= 15 is 0 Å². The van der Waals surface area contributed by atoms with Gasteiger partial charge in [-0.3, -0.25) is 0 Å². The summed E-state index contributed by atoms with van der Waals surface area (Å²) in [7, 11) is 0. The molecule has 0 saturated carbocycles. The predicted molar refractivity (Wildman–Crippen MR) is 81.9 cm³/mol. The standard InChI is InChI=1S/C16H16N2OS/c1-2-14(19)11-7-3-6-10-15(11)20-16-17-12-8-4-5-9-13(12)18-16/h3-10,14,19H,2H2,1H3,(H,17,18)/t14-/m1/s1. The van der Waals surface area contributed by atoms with Crippen LogP contribution in [0.2, 0.25) is 0 Å². The second kappa shape index (κ2) is 5.69. The lowest BCUT2D eigenvalue weighted by molar-refractivity contribution is 0.171. The molecule has 1 atom stereocenters. The van der Waals surface area contributed by atoms with Crippen molar-refractivity contribution in [2.45, 2.75) is 29.5 Å². The van der Waals surface area contributed by atoms with Crippen LogP contribution in [0, 0.1) is 0 Å². The fourth-order valence-corrected chi connectivity index (χ4v) is 3.13. The minimum atomic E-state index is -0.428. The molecule has 2 N–H and O–H groups in total. The summed E-state index contributed by atoms with van der Waals surface area (Å²) in [6.45, 7) is 1.98. The Morgan fingerprint density at radius 1 is 1.15 bits per heavy atom. The van der Waals surface area contributed by atoms with E-state index in [-0.39, 0.29) is 0 Å². The molecule has 4 heteroatoms. The van der Waals surface area contributed by atoms with Crippen LogP contribution in [0.5, 0.6) is 0 Å². The van der Waals surface area contributed by atoms with E-state index in [2.05, 4.69) is 9.97 Å². The van der Waals surface area contributed by atoms with Crippen LogP contribution in [0.1, 0.15) is 25.0 Å². The summed E-state index contributed by atoms with van der Waals surface area (Å²) >= 11 is 1.56. The molecular formula is C16H16N2OS. The van der Waals surface area contributed by atoms with Crippen LogP contribution in [0.25, 0.3) is 11.0 Å². The summed E-state index contributed by atoms with van der Waals surface area (Å²) in [6.07, 6.45) is 0.278. The normalized spacial score (nSPS) is 12.7. The van der Waals surface area contributed by atoms with Crippen LogP contribution < -0.4 is 0 Å². The highest BCUT2D eigenvalue weighted by atomic mass is 32.2. The number of para-hydroxylation sites is 2. The zero-order valence-electron chi connectivity index (χ0n) is 11.2. The number of aromatic nitrogens is 2. The molecule has 0 bridgehead atoms. The molecule has 1 aromatic heterocycles. The number of hydrogen-bond donors (Lipinski definition) is 2. The first-order chi connectivity index (χ1) is 9.78. The van der Waals surface area contributed by atoms with Crippen molar-refractivity contribution in [3.63, 3.8) is 0 Å². The van der Waals surface area contributed by atoms with Gasteiger partial charge in [-0.25, -0.2) is 4.98 Å². The van der Waals surface area contributed by atoms with Gasteiger partial charge in [0.05, 0.1) is 17.1 Å². The molecule has 0 unspecified atom stereocenters. The fraction of sp³-hybridized carbons (Fsp3) is 0.188.